The van der Waals surface area contributed by atoms with Gasteiger partial charge in [0, 0.05) is 24.5 Å². The summed E-state index contributed by atoms with van der Waals surface area (Å²) in [5, 5.41) is 3.03. The maximum absolute atomic E-state index is 12.5. The Balaban J connectivity index is 1.81. The van der Waals surface area contributed by atoms with Crippen molar-refractivity contribution in [3.05, 3.63) is 28.4 Å². The van der Waals surface area contributed by atoms with E-state index < -0.39 is 0 Å². The van der Waals surface area contributed by atoms with E-state index in [-0.39, 0.29) is 11.9 Å². The smallest absolute Gasteiger partial charge is 0.253 e. The van der Waals surface area contributed by atoms with E-state index in [1.165, 1.54) is 6.42 Å². The zero-order chi connectivity index (χ0) is 12.4. The number of ether oxygens (including phenoxy) is 1. The van der Waals surface area contributed by atoms with E-state index >= 15 is 0 Å². The molecular weight excluding hydrogens is 248 g/mol. The normalized spacial score (nSPS) is 23.7. The topological polar surface area (TPSA) is 42.4 Å². The van der Waals surface area contributed by atoms with Gasteiger partial charge in [-0.1, -0.05) is 0 Å². The lowest BCUT2D eigenvalue weighted by Gasteiger charge is -2.34. The van der Waals surface area contributed by atoms with Gasteiger partial charge >= 0.3 is 0 Å². The van der Waals surface area contributed by atoms with E-state index in [4.69, 9.17) is 4.74 Å². The second kappa shape index (κ2) is 5.10. The van der Waals surface area contributed by atoms with Gasteiger partial charge in [0.05, 0.1) is 24.5 Å². The van der Waals surface area contributed by atoms with Gasteiger partial charge in [-0.2, -0.15) is 0 Å². The summed E-state index contributed by atoms with van der Waals surface area (Å²) in [5.41, 5.74) is 0.804. The number of carbonyl (C=O) groups excluding carboxylic acids is 1. The molecule has 96 valence electrons. The van der Waals surface area contributed by atoms with Crippen molar-refractivity contribution in [2.24, 2.45) is 0 Å². The zero-order valence-corrected chi connectivity index (χ0v) is 11.0. The molecule has 1 fully saturated rings. The highest BCUT2D eigenvalue weighted by atomic mass is 32.1. The fourth-order valence-electron chi connectivity index (χ4n) is 2.56. The SMILES string of the molecule is O=C(C1=COCC1)N1CCCC[C@@H]1c1nccs1. The molecule has 5 heteroatoms. The molecular formula is C13H16N2O2S. The molecule has 0 N–H and O–H groups in total. The molecule has 1 atom stereocenters. The molecule has 2 aliphatic rings. The van der Waals surface area contributed by atoms with Crippen LogP contribution in [0.1, 0.15) is 36.7 Å². The summed E-state index contributed by atoms with van der Waals surface area (Å²) in [7, 11) is 0. The zero-order valence-electron chi connectivity index (χ0n) is 10.2. The van der Waals surface area contributed by atoms with Crippen LogP contribution < -0.4 is 0 Å². The van der Waals surface area contributed by atoms with E-state index in [0.29, 0.717) is 6.61 Å². The fourth-order valence-corrected chi connectivity index (χ4v) is 3.34. The van der Waals surface area contributed by atoms with Gasteiger partial charge in [0.15, 0.2) is 0 Å². The molecule has 3 heterocycles. The van der Waals surface area contributed by atoms with Gasteiger partial charge in [0.25, 0.3) is 5.91 Å². The Bertz CT molecular complexity index is 456. The third kappa shape index (κ3) is 2.14. The third-order valence-corrected chi connectivity index (χ3v) is 4.37. The van der Waals surface area contributed by atoms with E-state index in [1.54, 1.807) is 17.6 Å². The van der Waals surface area contributed by atoms with Crippen LogP contribution >= 0.6 is 11.3 Å². The number of aromatic nitrogens is 1. The fraction of sp³-hybridized carbons (Fsp3) is 0.538. The minimum absolute atomic E-state index is 0.132. The van der Waals surface area contributed by atoms with Crippen LogP contribution in [0.2, 0.25) is 0 Å². The summed E-state index contributed by atoms with van der Waals surface area (Å²) >= 11 is 1.64. The molecule has 0 spiro atoms. The Hall–Kier alpha value is -1.36. The molecule has 0 unspecified atom stereocenters. The van der Waals surface area contributed by atoms with Crippen molar-refractivity contribution in [2.75, 3.05) is 13.2 Å². The van der Waals surface area contributed by atoms with Crippen molar-refractivity contribution in [1.82, 2.24) is 9.88 Å². The number of amides is 1. The number of hydrogen-bond acceptors (Lipinski definition) is 4. The van der Waals surface area contributed by atoms with E-state index in [2.05, 4.69) is 4.98 Å². The van der Waals surface area contributed by atoms with Gasteiger partial charge in [0.2, 0.25) is 0 Å². The Morgan fingerprint density at radius 1 is 1.50 bits per heavy atom. The Kier molecular flexibility index (Phi) is 3.32. The lowest BCUT2D eigenvalue weighted by atomic mass is 10.0. The molecule has 0 bridgehead atoms. The van der Waals surface area contributed by atoms with Crippen LogP contribution in [0.25, 0.3) is 0 Å². The highest BCUT2D eigenvalue weighted by Crippen LogP contribution is 2.33. The van der Waals surface area contributed by atoms with Crippen LogP contribution in [-0.4, -0.2) is 28.9 Å². The Morgan fingerprint density at radius 2 is 2.44 bits per heavy atom. The predicted octanol–water partition coefficient (Wildman–Crippen LogP) is 2.50. The number of likely N-dealkylation sites (tertiary alicyclic amines) is 1. The first-order chi connectivity index (χ1) is 8.86. The molecule has 3 rings (SSSR count). The van der Waals surface area contributed by atoms with Crippen molar-refractivity contribution < 1.29 is 9.53 Å². The maximum Gasteiger partial charge on any atom is 0.253 e. The average Bonchev–Trinajstić information content (AvgIpc) is 3.11. The number of piperidine rings is 1. The van der Waals surface area contributed by atoms with Gasteiger partial charge in [-0.05, 0) is 19.3 Å². The number of carbonyl (C=O) groups is 1. The molecule has 18 heavy (non-hydrogen) atoms. The highest BCUT2D eigenvalue weighted by molar-refractivity contribution is 7.09. The maximum atomic E-state index is 12.5. The minimum Gasteiger partial charge on any atom is -0.500 e. The van der Waals surface area contributed by atoms with Crippen molar-refractivity contribution in [3.63, 3.8) is 0 Å². The Morgan fingerprint density at radius 3 is 3.17 bits per heavy atom. The lowest BCUT2D eigenvalue weighted by Crippen LogP contribution is -2.39. The molecule has 1 aromatic rings. The summed E-state index contributed by atoms with van der Waals surface area (Å²) in [4.78, 5) is 18.8. The summed E-state index contributed by atoms with van der Waals surface area (Å²) in [6.07, 6.45) is 7.45. The molecule has 0 aliphatic carbocycles. The highest BCUT2D eigenvalue weighted by Gasteiger charge is 2.31. The van der Waals surface area contributed by atoms with Gasteiger partial charge in [0.1, 0.15) is 5.01 Å². The quantitative estimate of drug-likeness (QED) is 0.824. The van der Waals surface area contributed by atoms with Gasteiger partial charge in [-0.25, -0.2) is 4.98 Å². The number of rotatable bonds is 2. The number of hydrogen-bond donors (Lipinski definition) is 0. The van der Waals surface area contributed by atoms with Crippen LogP contribution in [0, 0.1) is 0 Å². The number of thiazole rings is 1. The van der Waals surface area contributed by atoms with Gasteiger partial charge in [-0.3, -0.25) is 4.79 Å². The summed E-state index contributed by atoms with van der Waals surface area (Å²) in [5.74, 6) is 0.132. The van der Waals surface area contributed by atoms with Crippen LogP contribution in [0.3, 0.4) is 0 Å². The molecule has 1 aromatic heterocycles. The predicted molar refractivity (Wildman–Crippen MR) is 69.1 cm³/mol. The Labute approximate surface area is 110 Å². The van der Waals surface area contributed by atoms with E-state index in [9.17, 15) is 4.79 Å². The average molecular weight is 264 g/mol. The molecule has 0 saturated carbocycles. The monoisotopic (exact) mass is 264 g/mol. The van der Waals surface area contributed by atoms with Crippen molar-refractivity contribution in [1.29, 1.82) is 0 Å². The molecule has 4 nitrogen and oxygen atoms in total. The van der Waals surface area contributed by atoms with Crippen LogP contribution in [-0.2, 0) is 9.53 Å². The summed E-state index contributed by atoms with van der Waals surface area (Å²) in [6, 6.07) is 0.160. The molecule has 0 aromatic carbocycles. The lowest BCUT2D eigenvalue weighted by molar-refractivity contribution is -0.131. The molecule has 1 amide bonds. The van der Waals surface area contributed by atoms with Crippen LogP contribution in [0.4, 0.5) is 0 Å². The summed E-state index contributed by atoms with van der Waals surface area (Å²) in [6.45, 7) is 1.47. The summed E-state index contributed by atoms with van der Waals surface area (Å²) < 4.78 is 5.17. The molecule has 1 saturated heterocycles. The van der Waals surface area contributed by atoms with Gasteiger partial charge in [-0.15, -0.1) is 11.3 Å². The third-order valence-electron chi connectivity index (χ3n) is 3.49. The molecule has 0 radical (unpaired) electrons. The first-order valence-corrected chi connectivity index (χ1v) is 7.25. The van der Waals surface area contributed by atoms with Crippen molar-refractivity contribution in [2.45, 2.75) is 31.7 Å². The first kappa shape index (κ1) is 11.7. The molecule has 2 aliphatic heterocycles. The van der Waals surface area contributed by atoms with E-state index in [0.717, 1.165) is 36.4 Å². The largest absolute Gasteiger partial charge is 0.500 e. The second-order valence-corrected chi connectivity index (χ2v) is 5.57. The van der Waals surface area contributed by atoms with Gasteiger partial charge < -0.3 is 9.64 Å². The number of nitrogens with zero attached hydrogens (tertiary/aromatic N) is 2. The first-order valence-electron chi connectivity index (χ1n) is 6.37. The van der Waals surface area contributed by atoms with Crippen LogP contribution in [0.15, 0.2) is 23.4 Å². The second-order valence-electron chi connectivity index (χ2n) is 4.64. The van der Waals surface area contributed by atoms with Crippen molar-refractivity contribution in [3.8, 4) is 0 Å². The van der Waals surface area contributed by atoms with Crippen molar-refractivity contribution >= 4 is 17.2 Å². The van der Waals surface area contributed by atoms with E-state index in [1.807, 2.05) is 16.5 Å². The minimum atomic E-state index is 0.132. The van der Waals surface area contributed by atoms with Crippen LogP contribution in [0.5, 0.6) is 0 Å². The standard InChI is InChI=1S/C13H16N2O2S/c16-13(10-4-7-17-9-10)15-6-2-1-3-11(15)12-14-5-8-18-12/h5,8-9,11H,1-4,6-7H2/t11-/m1/s1.